The molecule has 1 amide bonds. The average Bonchev–Trinajstić information content (AvgIpc) is 2.97. The van der Waals surface area contributed by atoms with E-state index in [9.17, 15) is 9.59 Å². The molecular formula is C14H22N2O2S. The van der Waals surface area contributed by atoms with Crippen molar-refractivity contribution >= 4 is 17.6 Å². The van der Waals surface area contributed by atoms with Crippen molar-refractivity contribution in [1.82, 2.24) is 9.27 Å². The first-order chi connectivity index (χ1) is 9.24. The van der Waals surface area contributed by atoms with Crippen molar-refractivity contribution in [3.63, 3.8) is 0 Å². The van der Waals surface area contributed by atoms with Gasteiger partial charge in [-0.2, -0.15) is 3.96 Å². The van der Waals surface area contributed by atoms with Gasteiger partial charge in [0.2, 0.25) is 0 Å². The molecule has 1 aromatic rings. The molecule has 19 heavy (non-hydrogen) atoms. The molecule has 0 saturated carbocycles. The van der Waals surface area contributed by atoms with Crippen molar-refractivity contribution in [1.29, 1.82) is 0 Å². The number of hydrogen-bond donors (Lipinski definition) is 1. The quantitative estimate of drug-likeness (QED) is 0.816. The summed E-state index contributed by atoms with van der Waals surface area (Å²) in [5, 5.41) is 2.84. The van der Waals surface area contributed by atoms with Crippen molar-refractivity contribution in [2.24, 2.45) is 0 Å². The van der Waals surface area contributed by atoms with Gasteiger partial charge in [-0.05, 0) is 25.7 Å². The average molecular weight is 282 g/mol. The zero-order valence-electron chi connectivity index (χ0n) is 11.5. The Kier molecular flexibility index (Phi) is 5.19. The second kappa shape index (κ2) is 6.89. The lowest BCUT2D eigenvalue weighted by atomic mass is 10.1. The monoisotopic (exact) mass is 282 g/mol. The fourth-order valence-electron chi connectivity index (χ4n) is 2.45. The number of nitrogens with one attached hydrogen (secondary N) is 1. The Morgan fingerprint density at radius 1 is 1.26 bits per heavy atom. The van der Waals surface area contributed by atoms with Crippen molar-refractivity contribution in [3.05, 3.63) is 20.8 Å². The standard InChI is InChI=1S/C14H22N2O2S/c1-2-3-4-5-6-10-15-14(18)16-13(17)11-8-7-9-12(11)19-16/h2-10H2,1H3,(H,15,18). The molecule has 1 aliphatic rings. The van der Waals surface area contributed by atoms with Crippen LogP contribution in [0.5, 0.6) is 0 Å². The van der Waals surface area contributed by atoms with Crippen LogP contribution in [0.4, 0.5) is 4.79 Å². The molecule has 1 N–H and O–H groups in total. The van der Waals surface area contributed by atoms with Crippen LogP contribution in [0.25, 0.3) is 0 Å². The predicted molar refractivity (Wildman–Crippen MR) is 78.2 cm³/mol. The molecule has 0 atom stereocenters. The van der Waals surface area contributed by atoms with Crippen molar-refractivity contribution in [2.75, 3.05) is 6.54 Å². The molecule has 1 aliphatic carbocycles. The number of aryl methyl sites for hydroxylation is 1. The van der Waals surface area contributed by atoms with E-state index in [0.717, 1.165) is 42.5 Å². The molecule has 0 aliphatic heterocycles. The van der Waals surface area contributed by atoms with Crippen LogP contribution >= 0.6 is 11.5 Å². The molecule has 1 heterocycles. The van der Waals surface area contributed by atoms with E-state index in [1.165, 1.54) is 34.8 Å². The number of amides is 1. The summed E-state index contributed by atoms with van der Waals surface area (Å²) in [7, 11) is 0. The van der Waals surface area contributed by atoms with E-state index < -0.39 is 0 Å². The third-order valence-electron chi connectivity index (χ3n) is 3.55. The summed E-state index contributed by atoms with van der Waals surface area (Å²) in [5.74, 6) is 0. The van der Waals surface area contributed by atoms with Gasteiger partial charge in [-0.25, -0.2) is 4.79 Å². The van der Waals surface area contributed by atoms with Gasteiger partial charge in [0, 0.05) is 17.0 Å². The van der Waals surface area contributed by atoms with E-state index in [4.69, 9.17) is 0 Å². The molecule has 0 unspecified atom stereocenters. The van der Waals surface area contributed by atoms with E-state index in [-0.39, 0.29) is 11.6 Å². The molecule has 106 valence electrons. The fourth-order valence-corrected chi connectivity index (χ4v) is 3.54. The molecule has 0 aromatic carbocycles. The summed E-state index contributed by atoms with van der Waals surface area (Å²) >= 11 is 1.32. The lowest BCUT2D eigenvalue weighted by Gasteiger charge is -2.04. The Morgan fingerprint density at radius 2 is 2.05 bits per heavy atom. The van der Waals surface area contributed by atoms with Gasteiger partial charge >= 0.3 is 6.03 Å². The summed E-state index contributed by atoms with van der Waals surface area (Å²) < 4.78 is 1.29. The molecule has 0 spiro atoms. The first kappa shape index (κ1) is 14.3. The van der Waals surface area contributed by atoms with Crippen LogP contribution in [-0.4, -0.2) is 16.5 Å². The number of aromatic nitrogens is 1. The number of carbonyl (C=O) groups excluding carboxylic acids is 1. The summed E-state index contributed by atoms with van der Waals surface area (Å²) in [6.45, 7) is 2.85. The molecule has 1 aromatic heterocycles. The van der Waals surface area contributed by atoms with Crippen LogP contribution in [0.1, 0.15) is 55.9 Å². The van der Waals surface area contributed by atoms with Gasteiger partial charge in [0.15, 0.2) is 0 Å². The molecular weight excluding hydrogens is 260 g/mol. The minimum Gasteiger partial charge on any atom is -0.337 e. The molecule has 0 bridgehead atoms. The predicted octanol–water partition coefficient (Wildman–Crippen LogP) is 2.93. The second-order valence-corrected chi connectivity index (χ2v) is 6.13. The van der Waals surface area contributed by atoms with Crippen LogP contribution in [0.2, 0.25) is 0 Å². The summed E-state index contributed by atoms with van der Waals surface area (Å²) in [6, 6.07) is -0.250. The molecule has 0 radical (unpaired) electrons. The molecule has 5 heteroatoms. The summed E-state index contributed by atoms with van der Waals surface area (Å²) in [5.41, 5.74) is 0.768. The van der Waals surface area contributed by atoms with Gasteiger partial charge in [-0.3, -0.25) is 4.79 Å². The molecule has 0 fully saturated rings. The van der Waals surface area contributed by atoms with E-state index in [1.54, 1.807) is 0 Å². The van der Waals surface area contributed by atoms with Crippen LogP contribution in [0, 0.1) is 0 Å². The van der Waals surface area contributed by atoms with Crippen molar-refractivity contribution < 1.29 is 4.79 Å². The zero-order chi connectivity index (χ0) is 13.7. The van der Waals surface area contributed by atoms with E-state index in [0.29, 0.717) is 6.54 Å². The Bertz CT molecular complexity index is 490. The molecule has 2 rings (SSSR count). The Labute approximate surface area is 118 Å². The van der Waals surface area contributed by atoms with Crippen LogP contribution < -0.4 is 10.9 Å². The summed E-state index contributed by atoms with van der Waals surface area (Å²) in [4.78, 5) is 25.0. The van der Waals surface area contributed by atoms with Crippen molar-refractivity contribution in [3.8, 4) is 0 Å². The Balaban J connectivity index is 1.79. The lowest BCUT2D eigenvalue weighted by molar-refractivity contribution is 0.243. The number of nitrogens with zero attached hydrogens (tertiary/aromatic N) is 1. The maximum atomic E-state index is 12.0. The number of rotatable bonds is 6. The van der Waals surface area contributed by atoms with Gasteiger partial charge < -0.3 is 5.32 Å². The van der Waals surface area contributed by atoms with E-state index in [2.05, 4.69) is 12.2 Å². The number of unbranched alkanes of at least 4 members (excludes halogenated alkanes) is 4. The zero-order valence-corrected chi connectivity index (χ0v) is 12.4. The van der Waals surface area contributed by atoms with E-state index >= 15 is 0 Å². The molecule has 4 nitrogen and oxygen atoms in total. The third-order valence-corrected chi connectivity index (χ3v) is 4.74. The first-order valence-corrected chi connectivity index (χ1v) is 8.03. The van der Waals surface area contributed by atoms with Gasteiger partial charge in [0.25, 0.3) is 5.56 Å². The van der Waals surface area contributed by atoms with Crippen LogP contribution in [0.15, 0.2) is 4.79 Å². The van der Waals surface area contributed by atoms with E-state index in [1.807, 2.05) is 0 Å². The lowest BCUT2D eigenvalue weighted by Crippen LogP contribution is -2.34. The first-order valence-electron chi connectivity index (χ1n) is 7.26. The third kappa shape index (κ3) is 3.47. The van der Waals surface area contributed by atoms with Crippen LogP contribution in [-0.2, 0) is 12.8 Å². The minimum atomic E-state index is -0.250. The van der Waals surface area contributed by atoms with Crippen LogP contribution in [0.3, 0.4) is 0 Å². The minimum absolute atomic E-state index is 0.0963. The van der Waals surface area contributed by atoms with Gasteiger partial charge in [-0.1, -0.05) is 44.1 Å². The second-order valence-electron chi connectivity index (χ2n) is 5.09. The smallest absolute Gasteiger partial charge is 0.337 e. The normalized spacial score (nSPS) is 13.5. The van der Waals surface area contributed by atoms with Gasteiger partial charge in [0.05, 0.1) is 0 Å². The highest BCUT2D eigenvalue weighted by Crippen LogP contribution is 2.22. The highest BCUT2D eigenvalue weighted by atomic mass is 32.1. The fraction of sp³-hybridized carbons (Fsp3) is 0.714. The number of fused-ring (bicyclic) bond motifs is 1. The summed E-state index contributed by atoms with van der Waals surface area (Å²) in [6.07, 6.45) is 8.67. The Hall–Kier alpha value is -1.10. The highest BCUT2D eigenvalue weighted by Gasteiger charge is 2.22. The number of carbonyl (C=O) groups is 1. The maximum absolute atomic E-state index is 12.0. The Morgan fingerprint density at radius 3 is 2.79 bits per heavy atom. The molecule has 0 saturated heterocycles. The SMILES string of the molecule is CCCCCCCNC(=O)n1sc2c(c1=O)CCC2. The van der Waals surface area contributed by atoms with Crippen molar-refractivity contribution in [2.45, 2.75) is 58.3 Å². The maximum Gasteiger partial charge on any atom is 0.338 e. The van der Waals surface area contributed by atoms with Gasteiger partial charge in [0.1, 0.15) is 0 Å². The highest BCUT2D eigenvalue weighted by molar-refractivity contribution is 7.07. The largest absolute Gasteiger partial charge is 0.338 e. The number of hydrogen-bond acceptors (Lipinski definition) is 3. The topological polar surface area (TPSA) is 51.1 Å². The van der Waals surface area contributed by atoms with Gasteiger partial charge in [-0.15, -0.1) is 0 Å².